The maximum Gasteiger partial charge on any atom is 0.224 e. The molecule has 1 fully saturated rings. The van der Waals surface area contributed by atoms with Gasteiger partial charge in [-0.1, -0.05) is 103 Å². The monoisotopic (exact) mass is 756 g/mol. The number of rotatable bonds is 16. The van der Waals surface area contributed by atoms with Crippen LogP contribution in [0.3, 0.4) is 0 Å². The summed E-state index contributed by atoms with van der Waals surface area (Å²) in [7, 11) is 2.01. The fourth-order valence-corrected chi connectivity index (χ4v) is 6.94. The third-order valence-electron chi connectivity index (χ3n) is 10.4. The van der Waals surface area contributed by atoms with Crippen LogP contribution in [0.4, 0.5) is 11.4 Å². The number of hydrogen-bond acceptors (Lipinski definition) is 8. The van der Waals surface area contributed by atoms with Crippen molar-refractivity contribution in [3.05, 3.63) is 155 Å². The SMILES string of the molecule is C[C@@H]([C@H](O)c1ccccc1)N(C)C[C@@H]1C[C@H](c2ccc(CO)cc2)O[C@H](c2cccc(-c3cccc(CNC(=O)CCCC(=O)Nc4ccccc4N)c3)c2)O1. The standard InChI is InChI=1S/C46H52N4O6/c1-31(45(54)35-12-4-3-5-13-35)50(2)29-39-27-42(34-23-21-32(30-51)22-24-34)56-46(55-39)38-16-9-15-37(26-38)36-14-8-11-33(25-36)28-48-43(52)19-10-20-44(53)49-41-18-7-6-17-40(41)47/h3-9,11-18,21-26,31,39,42,45-46,51,54H,10,19-20,27-30,47H2,1-2H3,(H,48,52)(H,49,53)/t31-,39-,42+,45-,46+/m0/s1. The number of ether oxygens (including phenoxy) is 2. The summed E-state index contributed by atoms with van der Waals surface area (Å²) in [6, 6.07) is 40.6. The van der Waals surface area contributed by atoms with Crippen molar-refractivity contribution in [3.63, 3.8) is 0 Å². The number of nitrogen functional groups attached to an aromatic ring is 1. The van der Waals surface area contributed by atoms with E-state index in [4.69, 9.17) is 15.2 Å². The van der Waals surface area contributed by atoms with Crippen molar-refractivity contribution in [1.29, 1.82) is 0 Å². The summed E-state index contributed by atoms with van der Waals surface area (Å²) < 4.78 is 13.3. The van der Waals surface area contributed by atoms with Gasteiger partial charge in [-0.25, -0.2) is 0 Å². The minimum absolute atomic E-state index is 0.0286. The lowest BCUT2D eigenvalue weighted by molar-refractivity contribution is -0.253. The molecule has 0 aliphatic carbocycles. The maximum atomic E-state index is 12.7. The van der Waals surface area contributed by atoms with Crippen molar-refractivity contribution >= 4 is 23.2 Å². The molecule has 0 unspecified atom stereocenters. The van der Waals surface area contributed by atoms with E-state index in [2.05, 4.69) is 27.7 Å². The van der Waals surface area contributed by atoms with Gasteiger partial charge in [-0.2, -0.15) is 0 Å². The van der Waals surface area contributed by atoms with E-state index in [1.165, 1.54) is 0 Å². The number of aliphatic hydroxyl groups excluding tert-OH is 2. The van der Waals surface area contributed by atoms with E-state index in [1.54, 1.807) is 24.3 Å². The molecule has 5 aromatic rings. The van der Waals surface area contributed by atoms with Gasteiger partial charge in [0.2, 0.25) is 11.8 Å². The van der Waals surface area contributed by atoms with Crippen molar-refractivity contribution in [3.8, 4) is 11.1 Å². The molecule has 0 bridgehead atoms. The summed E-state index contributed by atoms with van der Waals surface area (Å²) in [5, 5.41) is 26.6. The molecule has 1 saturated heterocycles. The van der Waals surface area contributed by atoms with E-state index in [-0.39, 0.29) is 49.5 Å². The van der Waals surface area contributed by atoms with E-state index >= 15 is 0 Å². The third-order valence-corrected chi connectivity index (χ3v) is 10.4. The summed E-state index contributed by atoms with van der Waals surface area (Å²) in [5.41, 5.74) is 13.5. The van der Waals surface area contributed by atoms with Gasteiger partial charge in [0.25, 0.3) is 0 Å². The fraction of sp³-hybridized carbons (Fsp3) is 0.304. The molecule has 1 heterocycles. The highest BCUT2D eigenvalue weighted by Gasteiger charge is 2.34. The summed E-state index contributed by atoms with van der Waals surface area (Å²) in [6.45, 7) is 2.93. The zero-order valence-corrected chi connectivity index (χ0v) is 32.0. The zero-order valence-electron chi connectivity index (χ0n) is 32.0. The lowest BCUT2D eigenvalue weighted by Gasteiger charge is -2.39. The first-order valence-corrected chi connectivity index (χ1v) is 19.2. The number of likely N-dealkylation sites (N-methyl/N-ethyl adjacent to an activating group) is 1. The predicted octanol–water partition coefficient (Wildman–Crippen LogP) is 7.45. The summed E-state index contributed by atoms with van der Waals surface area (Å²) in [6.07, 6.45) is -0.253. The average Bonchev–Trinajstić information content (AvgIpc) is 3.23. The van der Waals surface area contributed by atoms with Crippen LogP contribution in [0.2, 0.25) is 0 Å². The molecule has 0 spiro atoms. The molecule has 5 atom stereocenters. The molecular weight excluding hydrogens is 705 g/mol. The minimum atomic E-state index is -0.654. The second-order valence-electron chi connectivity index (χ2n) is 14.5. The Morgan fingerprint density at radius 1 is 0.804 bits per heavy atom. The first-order valence-electron chi connectivity index (χ1n) is 19.2. The third kappa shape index (κ3) is 10.9. The summed E-state index contributed by atoms with van der Waals surface area (Å²) in [5.74, 6) is -0.307. The van der Waals surface area contributed by atoms with E-state index in [0.29, 0.717) is 37.3 Å². The Hall–Kier alpha value is -5.36. The number of anilines is 2. The molecule has 56 heavy (non-hydrogen) atoms. The van der Waals surface area contributed by atoms with Crippen LogP contribution in [-0.4, -0.2) is 52.7 Å². The largest absolute Gasteiger partial charge is 0.397 e. The molecule has 0 aromatic heterocycles. The van der Waals surface area contributed by atoms with Gasteiger partial charge >= 0.3 is 0 Å². The van der Waals surface area contributed by atoms with Gasteiger partial charge in [0.15, 0.2) is 6.29 Å². The predicted molar refractivity (Wildman–Crippen MR) is 219 cm³/mol. The highest BCUT2D eigenvalue weighted by Crippen LogP contribution is 2.39. The number of hydrogen-bond donors (Lipinski definition) is 5. The maximum absolute atomic E-state index is 12.7. The first kappa shape index (κ1) is 40.3. The van der Waals surface area contributed by atoms with Crippen LogP contribution in [0.25, 0.3) is 11.1 Å². The van der Waals surface area contributed by atoms with E-state index < -0.39 is 12.4 Å². The van der Waals surface area contributed by atoms with Crippen LogP contribution in [0, 0.1) is 0 Å². The van der Waals surface area contributed by atoms with Gasteiger partial charge in [0, 0.05) is 44.0 Å². The molecule has 1 aliphatic rings. The van der Waals surface area contributed by atoms with Crippen LogP contribution in [0.1, 0.15) is 78.9 Å². The fourth-order valence-electron chi connectivity index (χ4n) is 6.94. The molecule has 5 aromatic carbocycles. The number of nitrogens with zero attached hydrogens (tertiary/aromatic N) is 1. The van der Waals surface area contributed by atoms with E-state index in [1.807, 2.05) is 105 Å². The van der Waals surface area contributed by atoms with Crippen LogP contribution in [0.5, 0.6) is 0 Å². The molecule has 0 radical (unpaired) electrons. The molecular formula is C46H52N4O6. The second kappa shape index (κ2) is 19.5. The molecule has 6 rings (SSSR count). The smallest absolute Gasteiger partial charge is 0.224 e. The summed E-state index contributed by atoms with van der Waals surface area (Å²) >= 11 is 0. The van der Waals surface area contributed by atoms with Gasteiger partial charge in [0.05, 0.1) is 36.3 Å². The normalized spacial score (nSPS) is 17.9. The van der Waals surface area contributed by atoms with Crippen LogP contribution >= 0.6 is 0 Å². The molecule has 0 saturated carbocycles. The van der Waals surface area contributed by atoms with Crippen molar-refractivity contribution in [2.45, 2.75) is 76.4 Å². The van der Waals surface area contributed by atoms with Gasteiger partial charge in [-0.3, -0.25) is 14.5 Å². The lowest BCUT2D eigenvalue weighted by atomic mass is 9.97. The molecule has 292 valence electrons. The Morgan fingerprint density at radius 3 is 2.25 bits per heavy atom. The van der Waals surface area contributed by atoms with Crippen LogP contribution < -0.4 is 16.4 Å². The highest BCUT2D eigenvalue weighted by molar-refractivity contribution is 5.94. The van der Waals surface area contributed by atoms with Crippen LogP contribution in [0.15, 0.2) is 127 Å². The number of carbonyl (C=O) groups is 2. The van der Waals surface area contributed by atoms with Gasteiger partial charge in [-0.05, 0) is 78.0 Å². The minimum Gasteiger partial charge on any atom is -0.397 e. The molecule has 2 amide bonds. The van der Waals surface area contributed by atoms with Crippen molar-refractivity contribution in [2.24, 2.45) is 0 Å². The average molecular weight is 757 g/mol. The van der Waals surface area contributed by atoms with Gasteiger partial charge in [-0.15, -0.1) is 0 Å². The Morgan fingerprint density at radius 2 is 1.50 bits per heavy atom. The number of benzene rings is 5. The van der Waals surface area contributed by atoms with Gasteiger partial charge < -0.3 is 36.1 Å². The number of amides is 2. The molecule has 10 heteroatoms. The van der Waals surface area contributed by atoms with Crippen molar-refractivity contribution in [1.82, 2.24) is 10.2 Å². The summed E-state index contributed by atoms with van der Waals surface area (Å²) in [4.78, 5) is 27.1. The Bertz CT molecular complexity index is 2040. The number of aliphatic hydroxyl groups is 2. The van der Waals surface area contributed by atoms with E-state index in [0.717, 1.165) is 38.9 Å². The highest BCUT2D eigenvalue weighted by atomic mass is 16.7. The lowest BCUT2D eigenvalue weighted by Crippen LogP contribution is -2.43. The number of nitrogens with one attached hydrogen (secondary N) is 2. The van der Waals surface area contributed by atoms with Gasteiger partial charge in [0.1, 0.15) is 0 Å². The molecule has 6 N–H and O–H groups in total. The topological polar surface area (TPSA) is 146 Å². The Labute approximate surface area is 329 Å². The van der Waals surface area contributed by atoms with Crippen molar-refractivity contribution in [2.75, 3.05) is 24.6 Å². The molecule has 10 nitrogen and oxygen atoms in total. The number of nitrogens with two attached hydrogens (primary N) is 1. The Balaban J connectivity index is 1.09. The molecule has 1 aliphatic heterocycles. The number of para-hydroxylation sites is 2. The van der Waals surface area contributed by atoms with E-state index in [9.17, 15) is 19.8 Å². The number of carbonyl (C=O) groups excluding carboxylic acids is 2. The van der Waals surface area contributed by atoms with Crippen molar-refractivity contribution < 1.29 is 29.3 Å². The Kier molecular flexibility index (Phi) is 14.0. The van der Waals surface area contributed by atoms with Crippen LogP contribution in [-0.2, 0) is 32.2 Å². The zero-order chi connectivity index (χ0) is 39.4. The quantitative estimate of drug-likeness (QED) is 0.0653. The first-order chi connectivity index (χ1) is 27.2. The second-order valence-corrected chi connectivity index (χ2v) is 14.5.